The SMILES string of the molecule is CC(N)c1csc(N2CCC3CCCCC3C2)n1. The Morgan fingerprint density at radius 2 is 2.11 bits per heavy atom. The molecule has 0 bridgehead atoms. The first kappa shape index (κ1) is 12.4. The van der Waals surface area contributed by atoms with Crippen molar-refractivity contribution >= 4 is 16.5 Å². The van der Waals surface area contributed by atoms with Crippen LogP contribution < -0.4 is 10.6 Å². The van der Waals surface area contributed by atoms with Crippen LogP contribution in [0.4, 0.5) is 5.13 Å². The molecule has 100 valence electrons. The van der Waals surface area contributed by atoms with Crippen LogP contribution in [0.1, 0.15) is 50.8 Å². The first-order valence-corrected chi connectivity index (χ1v) is 8.08. The van der Waals surface area contributed by atoms with Crippen LogP contribution >= 0.6 is 11.3 Å². The molecule has 2 fully saturated rings. The summed E-state index contributed by atoms with van der Waals surface area (Å²) in [6.45, 7) is 4.41. The van der Waals surface area contributed by atoms with Gasteiger partial charge in [-0.05, 0) is 31.6 Å². The lowest BCUT2D eigenvalue weighted by atomic mass is 9.75. The molecule has 3 atom stereocenters. The molecule has 1 aliphatic heterocycles. The smallest absolute Gasteiger partial charge is 0.185 e. The first-order chi connectivity index (χ1) is 8.74. The Labute approximate surface area is 113 Å². The fourth-order valence-corrected chi connectivity index (χ4v) is 4.37. The van der Waals surface area contributed by atoms with Crippen molar-refractivity contribution in [1.29, 1.82) is 0 Å². The minimum absolute atomic E-state index is 0.0576. The highest BCUT2D eigenvalue weighted by Crippen LogP contribution is 2.38. The number of nitrogens with two attached hydrogens (primary N) is 1. The van der Waals surface area contributed by atoms with Crippen molar-refractivity contribution in [2.75, 3.05) is 18.0 Å². The number of hydrogen-bond donors (Lipinski definition) is 1. The zero-order chi connectivity index (χ0) is 12.5. The summed E-state index contributed by atoms with van der Waals surface area (Å²) in [5.41, 5.74) is 6.93. The van der Waals surface area contributed by atoms with Crippen LogP contribution in [0.15, 0.2) is 5.38 Å². The molecule has 3 nitrogen and oxygen atoms in total. The Kier molecular flexibility index (Phi) is 3.57. The van der Waals surface area contributed by atoms with Crippen LogP contribution in [0.25, 0.3) is 0 Å². The molecule has 2 heterocycles. The van der Waals surface area contributed by atoms with E-state index in [2.05, 4.69) is 10.3 Å². The molecular formula is C14H23N3S. The second-order valence-electron chi connectivity index (χ2n) is 5.88. The third-order valence-corrected chi connectivity index (χ3v) is 5.46. The van der Waals surface area contributed by atoms with E-state index in [9.17, 15) is 0 Å². The Bertz CT molecular complexity index is 401. The highest BCUT2D eigenvalue weighted by molar-refractivity contribution is 7.13. The molecule has 1 aromatic rings. The molecule has 3 rings (SSSR count). The van der Waals surface area contributed by atoms with Crippen LogP contribution in [0.3, 0.4) is 0 Å². The summed E-state index contributed by atoms with van der Waals surface area (Å²) >= 11 is 1.76. The van der Waals surface area contributed by atoms with E-state index in [-0.39, 0.29) is 6.04 Å². The average molecular weight is 265 g/mol. The molecule has 2 N–H and O–H groups in total. The van der Waals surface area contributed by atoms with Crippen molar-refractivity contribution in [3.63, 3.8) is 0 Å². The number of aromatic nitrogens is 1. The fraction of sp³-hybridized carbons (Fsp3) is 0.786. The highest BCUT2D eigenvalue weighted by atomic mass is 32.1. The standard InChI is InChI=1S/C14H23N3S/c1-10(15)13-9-18-14(16-13)17-7-6-11-4-2-3-5-12(11)8-17/h9-12H,2-8,15H2,1H3. The summed E-state index contributed by atoms with van der Waals surface area (Å²) in [5, 5.41) is 3.30. The summed E-state index contributed by atoms with van der Waals surface area (Å²) in [5.74, 6) is 1.90. The molecule has 3 unspecified atom stereocenters. The molecule has 0 spiro atoms. The Morgan fingerprint density at radius 1 is 1.33 bits per heavy atom. The Balaban J connectivity index is 1.69. The number of hydrogen-bond acceptors (Lipinski definition) is 4. The molecule has 18 heavy (non-hydrogen) atoms. The fourth-order valence-electron chi connectivity index (χ4n) is 3.41. The zero-order valence-corrected chi connectivity index (χ0v) is 12.0. The Hall–Kier alpha value is -0.610. The molecule has 1 saturated carbocycles. The molecule has 0 amide bonds. The lowest BCUT2D eigenvalue weighted by Crippen LogP contribution is -2.41. The van der Waals surface area contributed by atoms with E-state index in [1.165, 1.54) is 50.3 Å². The topological polar surface area (TPSA) is 42.1 Å². The summed E-state index contributed by atoms with van der Waals surface area (Å²) in [6.07, 6.45) is 7.12. The van der Waals surface area contributed by atoms with Gasteiger partial charge in [-0.25, -0.2) is 4.98 Å². The van der Waals surface area contributed by atoms with E-state index in [4.69, 9.17) is 10.7 Å². The van der Waals surface area contributed by atoms with E-state index >= 15 is 0 Å². The van der Waals surface area contributed by atoms with Gasteiger partial charge in [-0.2, -0.15) is 0 Å². The summed E-state index contributed by atoms with van der Waals surface area (Å²) in [4.78, 5) is 7.18. The van der Waals surface area contributed by atoms with Gasteiger partial charge >= 0.3 is 0 Å². The molecule has 4 heteroatoms. The number of rotatable bonds is 2. The van der Waals surface area contributed by atoms with Crippen LogP contribution in [-0.4, -0.2) is 18.1 Å². The molecule has 1 aliphatic carbocycles. The molecule has 1 saturated heterocycles. The van der Waals surface area contributed by atoms with E-state index in [1.54, 1.807) is 11.3 Å². The second-order valence-corrected chi connectivity index (χ2v) is 6.72. The highest BCUT2D eigenvalue weighted by Gasteiger charge is 2.32. The molecular weight excluding hydrogens is 242 g/mol. The average Bonchev–Trinajstić information content (AvgIpc) is 2.88. The predicted molar refractivity (Wildman–Crippen MR) is 77.0 cm³/mol. The number of nitrogens with zero attached hydrogens (tertiary/aromatic N) is 2. The van der Waals surface area contributed by atoms with E-state index in [1.807, 2.05) is 6.92 Å². The minimum Gasteiger partial charge on any atom is -0.348 e. The van der Waals surface area contributed by atoms with Gasteiger partial charge in [-0.15, -0.1) is 11.3 Å². The third-order valence-electron chi connectivity index (χ3n) is 4.54. The lowest BCUT2D eigenvalue weighted by Gasteiger charge is -2.41. The Morgan fingerprint density at radius 3 is 2.83 bits per heavy atom. The van der Waals surface area contributed by atoms with Crippen LogP contribution in [0, 0.1) is 11.8 Å². The number of thiazole rings is 1. The van der Waals surface area contributed by atoms with Gasteiger partial charge in [0.15, 0.2) is 5.13 Å². The maximum atomic E-state index is 5.89. The zero-order valence-electron chi connectivity index (χ0n) is 11.1. The van der Waals surface area contributed by atoms with Crippen molar-refractivity contribution in [3.05, 3.63) is 11.1 Å². The van der Waals surface area contributed by atoms with Gasteiger partial charge < -0.3 is 10.6 Å². The molecule has 2 aliphatic rings. The molecule has 0 radical (unpaired) electrons. The van der Waals surface area contributed by atoms with Crippen molar-refractivity contribution in [3.8, 4) is 0 Å². The summed E-state index contributed by atoms with van der Waals surface area (Å²) in [7, 11) is 0. The maximum absolute atomic E-state index is 5.89. The molecule has 1 aromatic heterocycles. The summed E-state index contributed by atoms with van der Waals surface area (Å²) < 4.78 is 0. The van der Waals surface area contributed by atoms with Crippen LogP contribution in [0.5, 0.6) is 0 Å². The second kappa shape index (κ2) is 5.17. The maximum Gasteiger partial charge on any atom is 0.185 e. The predicted octanol–water partition coefficient (Wildman–Crippen LogP) is 3.18. The van der Waals surface area contributed by atoms with Gasteiger partial charge in [0.2, 0.25) is 0 Å². The van der Waals surface area contributed by atoms with Gasteiger partial charge in [0.25, 0.3) is 0 Å². The van der Waals surface area contributed by atoms with Crippen LogP contribution in [0.2, 0.25) is 0 Å². The lowest BCUT2D eigenvalue weighted by molar-refractivity contribution is 0.202. The van der Waals surface area contributed by atoms with Gasteiger partial charge in [-0.3, -0.25) is 0 Å². The van der Waals surface area contributed by atoms with Gasteiger partial charge in [0.1, 0.15) is 0 Å². The van der Waals surface area contributed by atoms with Gasteiger partial charge in [-0.1, -0.05) is 19.3 Å². The van der Waals surface area contributed by atoms with E-state index in [0.717, 1.165) is 17.5 Å². The van der Waals surface area contributed by atoms with E-state index in [0.29, 0.717) is 0 Å². The normalized spacial score (nSPS) is 30.0. The van der Waals surface area contributed by atoms with Crippen LogP contribution in [-0.2, 0) is 0 Å². The first-order valence-electron chi connectivity index (χ1n) is 7.20. The van der Waals surface area contributed by atoms with Gasteiger partial charge in [0.05, 0.1) is 5.69 Å². The molecule has 0 aromatic carbocycles. The minimum atomic E-state index is 0.0576. The quantitative estimate of drug-likeness (QED) is 0.893. The van der Waals surface area contributed by atoms with Crippen molar-refractivity contribution in [1.82, 2.24) is 4.98 Å². The largest absolute Gasteiger partial charge is 0.348 e. The monoisotopic (exact) mass is 265 g/mol. The number of piperidine rings is 1. The van der Waals surface area contributed by atoms with Crippen molar-refractivity contribution in [2.45, 2.75) is 45.1 Å². The van der Waals surface area contributed by atoms with Crippen molar-refractivity contribution in [2.24, 2.45) is 17.6 Å². The van der Waals surface area contributed by atoms with E-state index < -0.39 is 0 Å². The number of anilines is 1. The summed E-state index contributed by atoms with van der Waals surface area (Å²) in [6, 6.07) is 0.0576. The third kappa shape index (κ3) is 2.41. The van der Waals surface area contributed by atoms with Gasteiger partial charge in [0, 0.05) is 24.5 Å². The number of fused-ring (bicyclic) bond motifs is 1. The van der Waals surface area contributed by atoms with Crippen molar-refractivity contribution < 1.29 is 0 Å².